The Kier molecular flexibility index (Phi) is 4.45. The summed E-state index contributed by atoms with van der Waals surface area (Å²) >= 11 is 0. The van der Waals surface area contributed by atoms with E-state index in [2.05, 4.69) is 4.72 Å². The maximum atomic E-state index is 11.8. The molecule has 7 heteroatoms. The van der Waals surface area contributed by atoms with Gasteiger partial charge in [-0.15, -0.1) is 0 Å². The Labute approximate surface area is 99.7 Å². The Morgan fingerprint density at radius 3 is 2.76 bits per heavy atom. The van der Waals surface area contributed by atoms with E-state index in [0.29, 0.717) is 12.1 Å². The molecule has 0 atom stereocenters. The van der Waals surface area contributed by atoms with Gasteiger partial charge in [-0.1, -0.05) is 0 Å². The topological polar surface area (TPSA) is 116 Å². The van der Waals surface area contributed by atoms with Crippen molar-refractivity contribution < 1.29 is 13.5 Å². The largest absolute Gasteiger partial charge is 0.399 e. The van der Waals surface area contributed by atoms with Crippen LogP contribution in [0, 0.1) is 11.3 Å². The molecule has 1 aromatic rings. The third-order valence-corrected chi connectivity index (χ3v) is 3.56. The van der Waals surface area contributed by atoms with Crippen LogP contribution in [0.15, 0.2) is 23.1 Å². The summed E-state index contributed by atoms with van der Waals surface area (Å²) in [7, 11) is -3.73. The molecule has 0 fully saturated rings. The molecule has 17 heavy (non-hydrogen) atoms. The summed E-state index contributed by atoms with van der Waals surface area (Å²) in [6.07, 6.45) is 0.316. The fourth-order valence-electron chi connectivity index (χ4n) is 1.23. The number of nitriles is 1. The zero-order chi connectivity index (χ0) is 12.9. The third kappa shape index (κ3) is 3.42. The van der Waals surface area contributed by atoms with Gasteiger partial charge in [0, 0.05) is 18.8 Å². The van der Waals surface area contributed by atoms with Crippen molar-refractivity contribution in [2.45, 2.75) is 11.3 Å². The van der Waals surface area contributed by atoms with Gasteiger partial charge in [0.25, 0.3) is 0 Å². The van der Waals surface area contributed by atoms with E-state index < -0.39 is 10.0 Å². The van der Waals surface area contributed by atoms with Gasteiger partial charge in [0.1, 0.15) is 6.07 Å². The molecule has 0 aromatic heterocycles. The van der Waals surface area contributed by atoms with Crippen LogP contribution in [-0.2, 0) is 10.0 Å². The highest BCUT2D eigenvalue weighted by molar-refractivity contribution is 7.89. The molecule has 0 spiro atoms. The number of hydrogen-bond acceptors (Lipinski definition) is 5. The van der Waals surface area contributed by atoms with Crippen molar-refractivity contribution in [3.63, 3.8) is 0 Å². The van der Waals surface area contributed by atoms with Crippen molar-refractivity contribution in [2.75, 3.05) is 18.9 Å². The zero-order valence-electron chi connectivity index (χ0n) is 9.05. The minimum absolute atomic E-state index is 0.00139. The van der Waals surface area contributed by atoms with Crippen molar-refractivity contribution in [2.24, 2.45) is 0 Å². The maximum absolute atomic E-state index is 11.8. The molecule has 0 amide bonds. The van der Waals surface area contributed by atoms with Crippen molar-refractivity contribution in [3.8, 4) is 6.07 Å². The highest BCUT2D eigenvalue weighted by Gasteiger charge is 2.17. The molecular formula is C10H13N3O3S. The molecule has 1 rings (SSSR count). The number of nitrogens with one attached hydrogen (secondary N) is 1. The number of rotatable bonds is 5. The molecule has 0 heterocycles. The van der Waals surface area contributed by atoms with Crippen LogP contribution >= 0.6 is 0 Å². The second-order valence-electron chi connectivity index (χ2n) is 3.34. The number of nitrogens with zero attached hydrogens (tertiary/aromatic N) is 1. The Morgan fingerprint density at radius 1 is 1.47 bits per heavy atom. The van der Waals surface area contributed by atoms with Crippen molar-refractivity contribution in [3.05, 3.63) is 23.8 Å². The molecule has 4 N–H and O–H groups in total. The molecular weight excluding hydrogens is 242 g/mol. The number of hydrogen-bond donors (Lipinski definition) is 3. The fraction of sp³-hybridized carbons (Fsp3) is 0.300. The first-order chi connectivity index (χ1) is 8.01. The van der Waals surface area contributed by atoms with Crippen LogP contribution in [-0.4, -0.2) is 26.7 Å². The van der Waals surface area contributed by atoms with E-state index >= 15 is 0 Å². The van der Waals surface area contributed by atoms with Gasteiger partial charge in [0.05, 0.1) is 10.5 Å². The van der Waals surface area contributed by atoms with Crippen molar-refractivity contribution in [1.29, 1.82) is 5.26 Å². The monoisotopic (exact) mass is 255 g/mol. The van der Waals surface area contributed by atoms with Crippen LogP contribution in [0.2, 0.25) is 0 Å². The molecule has 0 aliphatic carbocycles. The SMILES string of the molecule is N#Cc1cc(N)ccc1S(=O)(=O)NCCCO. The smallest absolute Gasteiger partial charge is 0.241 e. The lowest BCUT2D eigenvalue weighted by molar-refractivity contribution is 0.289. The molecule has 0 saturated carbocycles. The van der Waals surface area contributed by atoms with E-state index in [0.717, 1.165) is 0 Å². The second kappa shape index (κ2) is 5.63. The summed E-state index contributed by atoms with van der Waals surface area (Å²) in [4.78, 5) is -0.105. The molecule has 6 nitrogen and oxygen atoms in total. The normalized spacial score (nSPS) is 11.1. The first-order valence-electron chi connectivity index (χ1n) is 4.91. The summed E-state index contributed by atoms with van der Waals surface area (Å²) in [5.41, 5.74) is 5.80. The highest BCUT2D eigenvalue weighted by atomic mass is 32.2. The number of aliphatic hydroxyl groups is 1. The van der Waals surface area contributed by atoms with Gasteiger partial charge in [-0.05, 0) is 24.6 Å². The predicted octanol–water partition coefficient (Wildman–Crippen LogP) is -0.199. The molecule has 0 aliphatic rings. The van der Waals surface area contributed by atoms with E-state index in [4.69, 9.17) is 16.1 Å². The number of aliphatic hydroxyl groups excluding tert-OH is 1. The third-order valence-electron chi connectivity index (χ3n) is 2.04. The number of nitrogens with two attached hydrogens (primary N) is 1. The van der Waals surface area contributed by atoms with Gasteiger partial charge in [0.2, 0.25) is 10.0 Å². The van der Waals surface area contributed by atoms with Crippen molar-refractivity contribution >= 4 is 15.7 Å². The standard InChI is InChI=1S/C10H13N3O3S/c11-7-8-6-9(12)2-3-10(8)17(15,16)13-4-1-5-14/h2-3,6,13-14H,1,4-5,12H2. The Bertz CT molecular complexity index is 534. The van der Waals surface area contributed by atoms with Crippen LogP contribution in [0.5, 0.6) is 0 Å². The lowest BCUT2D eigenvalue weighted by Crippen LogP contribution is -2.26. The molecule has 92 valence electrons. The van der Waals surface area contributed by atoms with Gasteiger partial charge in [-0.2, -0.15) is 5.26 Å². The number of sulfonamides is 1. The summed E-state index contributed by atoms with van der Waals surface area (Å²) in [6.45, 7) is 0.0173. The van der Waals surface area contributed by atoms with E-state index in [1.54, 1.807) is 6.07 Å². The summed E-state index contributed by atoms with van der Waals surface area (Å²) in [6, 6.07) is 5.80. The van der Waals surface area contributed by atoms with Crippen LogP contribution in [0.3, 0.4) is 0 Å². The Morgan fingerprint density at radius 2 is 2.18 bits per heavy atom. The number of benzene rings is 1. The first kappa shape index (κ1) is 13.4. The van der Waals surface area contributed by atoms with E-state index in [-0.39, 0.29) is 23.6 Å². The molecule has 0 unspecified atom stereocenters. The van der Waals surface area contributed by atoms with E-state index in [1.165, 1.54) is 18.2 Å². The first-order valence-corrected chi connectivity index (χ1v) is 6.39. The fourth-order valence-corrected chi connectivity index (χ4v) is 2.44. The average Bonchev–Trinajstić information content (AvgIpc) is 2.28. The second-order valence-corrected chi connectivity index (χ2v) is 5.08. The summed E-state index contributed by atoms with van der Waals surface area (Å²) < 4.78 is 25.9. The predicted molar refractivity (Wildman–Crippen MR) is 62.5 cm³/mol. The maximum Gasteiger partial charge on any atom is 0.241 e. The average molecular weight is 255 g/mol. The Balaban J connectivity index is 3.03. The van der Waals surface area contributed by atoms with Crippen LogP contribution in [0.1, 0.15) is 12.0 Å². The Hall–Kier alpha value is -1.62. The highest BCUT2D eigenvalue weighted by Crippen LogP contribution is 2.17. The van der Waals surface area contributed by atoms with Crippen LogP contribution < -0.4 is 10.5 Å². The van der Waals surface area contributed by atoms with E-state index in [9.17, 15) is 8.42 Å². The van der Waals surface area contributed by atoms with Gasteiger partial charge in [0.15, 0.2) is 0 Å². The zero-order valence-corrected chi connectivity index (χ0v) is 9.87. The van der Waals surface area contributed by atoms with E-state index in [1.807, 2.05) is 0 Å². The van der Waals surface area contributed by atoms with Gasteiger partial charge >= 0.3 is 0 Å². The summed E-state index contributed by atoms with van der Waals surface area (Å²) in [5, 5.41) is 17.4. The molecule has 0 radical (unpaired) electrons. The van der Waals surface area contributed by atoms with Gasteiger partial charge < -0.3 is 10.8 Å². The van der Waals surface area contributed by atoms with Crippen LogP contribution in [0.4, 0.5) is 5.69 Å². The molecule has 0 bridgehead atoms. The van der Waals surface area contributed by atoms with Crippen molar-refractivity contribution in [1.82, 2.24) is 4.72 Å². The lowest BCUT2D eigenvalue weighted by Gasteiger charge is -2.07. The molecule has 0 saturated heterocycles. The summed E-state index contributed by atoms with van der Waals surface area (Å²) in [5.74, 6) is 0. The van der Waals surface area contributed by atoms with Gasteiger partial charge in [-0.3, -0.25) is 0 Å². The van der Waals surface area contributed by atoms with Gasteiger partial charge in [-0.25, -0.2) is 13.1 Å². The molecule has 0 aliphatic heterocycles. The minimum Gasteiger partial charge on any atom is -0.399 e. The lowest BCUT2D eigenvalue weighted by atomic mass is 10.2. The van der Waals surface area contributed by atoms with Crippen LogP contribution in [0.25, 0.3) is 0 Å². The molecule has 1 aromatic carbocycles. The minimum atomic E-state index is -3.73. The quantitative estimate of drug-likeness (QED) is 0.497. The number of nitrogen functional groups attached to an aromatic ring is 1. The number of anilines is 1.